The van der Waals surface area contributed by atoms with Gasteiger partial charge in [0.2, 0.25) is 5.91 Å². The van der Waals surface area contributed by atoms with E-state index in [1.807, 2.05) is 25.1 Å². The Morgan fingerprint density at radius 1 is 1.38 bits per heavy atom. The number of nitrogens with one attached hydrogen (secondary N) is 1. The number of nitrogens with zero attached hydrogens (tertiary/aromatic N) is 2. The van der Waals surface area contributed by atoms with Crippen molar-refractivity contribution in [3.63, 3.8) is 0 Å². The molecule has 126 valence electrons. The molecule has 4 nitrogen and oxygen atoms in total. The van der Waals surface area contributed by atoms with Crippen molar-refractivity contribution in [2.24, 2.45) is 0 Å². The fourth-order valence-electron chi connectivity index (χ4n) is 3.07. The summed E-state index contributed by atoms with van der Waals surface area (Å²) in [5.41, 5.74) is 2.73. The number of hydrogen-bond donors (Lipinski definition) is 1. The Morgan fingerprint density at radius 2 is 2.25 bits per heavy atom. The lowest BCUT2D eigenvalue weighted by atomic mass is 10.0. The van der Waals surface area contributed by atoms with Gasteiger partial charge in [0.1, 0.15) is 5.82 Å². The summed E-state index contributed by atoms with van der Waals surface area (Å²) in [5.74, 6) is -0.225. The van der Waals surface area contributed by atoms with E-state index in [9.17, 15) is 9.18 Å². The number of benzene rings is 1. The summed E-state index contributed by atoms with van der Waals surface area (Å²) in [6.45, 7) is 3.52. The molecule has 0 aliphatic carbocycles. The van der Waals surface area contributed by atoms with Crippen molar-refractivity contribution < 1.29 is 9.18 Å². The monoisotopic (exact) mass is 327 g/mol. The molecule has 1 unspecified atom stereocenters. The molecule has 1 aromatic heterocycles. The zero-order valence-electron chi connectivity index (χ0n) is 13.8. The van der Waals surface area contributed by atoms with Crippen molar-refractivity contribution in [3.8, 4) is 0 Å². The number of piperidine rings is 1. The van der Waals surface area contributed by atoms with Crippen LogP contribution in [0.4, 0.5) is 10.1 Å². The minimum absolute atomic E-state index is 0.00625. The van der Waals surface area contributed by atoms with Crippen LogP contribution in [-0.2, 0) is 11.2 Å². The molecule has 1 fully saturated rings. The average molecular weight is 327 g/mol. The smallest absolute Gasteiger partial charge is 0.224 e. The zero-order valence-corrected chi connectivity index (χ0v) is 13.8. The van der Waals surface area contributed by atoms with E-state index in [2.05, 4.69) is 15.2 Å². The first-order valence-electron chi connectivity index (χ1n) is 8.31. The van der Waals surface area contributed by atoms with Crippen LogP contribution in [0.2, 0.25) is 0 Å². The van der Waals surface area contributed by atoms with E-state index in [0.29, 0.717) is 13.0 Å². The van der Waals surface area contributed by atoms with E-state index in [1.54, 1.807) is 18.3 Å². The van der Waals surface area contributed by atoms with Crippen LogP contribution in [0.3, 0.4) is 0 Å². The standard InChI is InChI=1S/C19H22FN3O/c1-14-7-8-15(12-21-14)10-19(24)22-17-5-3-9-23(13-17)18-6-2-4-16(20)11-18/h2,4,6-8,11-12,17H,3,5,9-10,13H2,1H3,(H,22,24). The van der Waals surface area contributed by atoms with Gasteiger partial charge in [0, 0.05) is 36.7 Å². The van der Waals surface area contributed by atoms with Gasteiger partial charge in [0.25, 0.3) is 0 Å². The first-order chi connectivity index (χ1) is 11.6. The van der Waals surface area contributed by atoms with Gasteiger partial charge in [-0.05, 0) is 49.6 Å². The van der Waals surface area contributed by atoms with Gasteiger partial charge < -0.3 is 10.2 Å². The molecule has 0 radical (unpaired) electrons. The normalized spacial score (nSPS) is 17.6. The number of amides is 1. The van der Waals surface area contributed by atoms with E-state index in [4.69, 9.17) is 0 Å². The van der Waals surface area contributed by atoms with E-state index in [-0.39, 0.29) is 17.8 Å². The summed E-state index contributed by atoms with van der Waals surface area (Å²) in [5, 5.41) is 3.09. The summed E-state index contributed by atoms with van der Waals surface area (Å²) < 4.78 is 13.4. The number of carbonyl (C=O) groups excluding carboxylic acids is 1. The maximum Gasteiger partial charge on any atom is 0.224 e. The Kier molecular flexibility index (Phi) is 5.08. The molecule has 1 amide bonds. The van der Waals surface area contributed by atoms with E-state index in [0.717, 1.165) is 36.3 Å². The second-order valence-electron chi connectivity index (χ2n) is 6.32. The van der Waals surface area contributed by atoms with Crippen molar-refractivity contribution in [2.45, 2.75) is 32.2 Å². The Labute approximate surface area is 141 Å². The number of anilines is 1. The minimum Gasteiger partial charge on any atom is -0.369 e. The zero-order chi connectivity index (χ0) is 16.9. The fraction of sp³-hybridized carbons (Fsp3) is 0.368. The van der Waals surface area contributed by atoms with Gasteiger partial charge in [-0.3, -0.25) is 9.78 Å². The fourth-order valence-corrected chi connectivity index (χ4v) is 3.07. The van der Waals surface area contributed by atoms with Gasteiger partial charge in [-0.25, -0.2) is 4.39 Å². The molecular weight excluding hydrogens is 305 g/mol. The van der Waals surface area contributed by atoms with Gasteiger partial charge in [0.05, 0.1) is 6.42 Å². The summed E-state index contributed by atoms with van der Waals surface area (Å²) >= 11 is 0. The number of hydrogen-bond acceptors (Lipinski definition) is 3. The number of halogens is 1. The molecule has 2 heterocycles. The Hall–Kier alpha value is -2.43. The summed E-state index contributed by atoms with van der Waals surface area (Å²) in [6, 6.07) is 10.6. The second kappa shape index (κ2) is 7.43. The molecular formula is C19H22FN3O. The third kappa shape index (κ3) is 4.31. The molecule has 2 aromatic rings. The highest BCUT2D eigenvalue weighted by Gasteiger charge is 2.22. The SMILES string of the molecule is Cc1ccc(CC(=O)NC2CCCN(c3cccc(F)c3)C2)cn1. The number of aromatic nitrogens is 1. The Morgan fingerprint density at radius 3 is 3.00 bits per heavy atom. The van der Waals surface area contributed by atoms with Gasteiger partial charge in [-0.15, -0.1) is 0 Å². The largest absolute Gasteiger partial charge is 0.369 e. The molecule has 0 saturated carbocycles. The molecule has 1 aliphatic rings. The lowest BCUT2D eigenvalue weighted by molar-refractivity contribution is -0.121. The highest BCUT2D eigenvalue weighted by atomic mass is 19.1. The van der Waals surface area contributed by atoms with Crippen LogP contribution in [0.1, 0.15) is 24.1 Å². The van der Waals surface area contributed by atoms with Crippen LogP contribution in [0.15, 0.2) is 42.6 Å². The number of rotatable bonds is 4. The summed E-state index contributed by atoms with van der Waals surface area (Å²) in [4.78, 5) is 18.6. The molecule has 1 aliphatic heterocycles. The molecule has 3 rings (SSSR count). The Balaban J connectivity index is 1.56. The Bertz CT molecular complexity index is 702. The maximum atomic E-state index is 13.4. The second-order valence-corrected chi connectivity index (χ2v) is 6.32. The van der Waals surface area contributed by atoms with Crippen LogP contribution in [0, 0.1) is 12.7 Å². The lowest BCUT2D eigenvalue weighted by Gasteiger charge is -2.34. The van der Waals surface area contributed by atoms with Crippen molar-refractivity contribution in [2.75, 3.05) is 18.0 Å². The molecule has 1 N–H and O–H groups in total. The first kappa shape index (κ1) is 16.4. The van der Waals surface area contributed by atoms with Crippen molar-refractivity contribution in [1.29, 1.82) is 0 Å². The van der Waals surface area contributed by atoms with Crippen LogP contribution in [-0.4, -0.2) is 30.0 Å². The van der Waals surface area contributed by atoms with Crippen LogP contribution < -0.4 is 10.2 Å². The van der Waals surface area contributed by atoms with Gasteiger partial charge in [-0.1, -0.05) is 12.1 Å². The molecule has 24 heavy (non-hydrogen) atoms. The van der Waals surface area contributed by atoms with Crippen molar-refractivity contribution in [3.05, 3.63) is 59.7 Å². The number of aryl methyl sites for hydroxylation is 1. The van der Waals surface area contributed by atoms with Crippen molar-refractivity contribution >= 4 is 11.6 Å². The highest BCUT2D eigenvalue weighted by molar-refractivity contribution is 5.78. The van der Waals surface area contributed by atoms with E-state index < -0.39 is 0 Å². The van der Waals surface area contributed by atoms with Crippen LogP contribution in [0.25, 0.3) is 0 Å². The molecule has 0 bridgehead atoms. The molecule has 0 spiro atoms. The highest BCUT2D eigenvalue weighted by Crippen LogP contribution is 2.20. The van der Waals surface area contributed by atoms with Gasteiger partial charge in [0.15, 0.2) is 0 Å². The quantitative estimate of drug-likeness (QED) is 0.939. The third-order valence-corrected chi connectivity index (χ3v) is 4.30. The van der Waals surface area contributed by atoms with Gasteiger partial charge >= 0.3 is 0 Å². The topological polar surface area (TPSA) is 45.2 Å². The van der Waals surface area contributed by atoms with Crippen molar-refractivity contribution in [1.82, 2.24) is 10.3 Å². The predicted molar refractivity (Wildman–Crippen MR) is 92.5 cm³/mol. The molecule has 1 atom stereocenters. The maximum absolute atomic E-state index is 13.4. The molecule has 5 heteroatoms. The van der Waals surface area contributed by atoms with Gasteiger partial charge in [-0.2, -0.15) is 0 Å². The van der Waals surface area contributed by atoms with E-state index >= 15 is 0 Å². The minimum atomic E-state index is -0.231. The number of carbonyl (C=O) groups is 1. The van der Waals surface area contributed by atoms with Crippen LogP contribution in [0.5, 0.6) is 0 Å². The first-order valence-corrected chi connectivity index (χ1v) is 8.31. The van der Waals surface area contributed by atoms with Crippen LogP contribution >= 0.6 is 0 Å². The third-order valence-electron chi connectivity index (χ3n) is 4.30. The summed E-state index contributed by atoms with van der Waals surface area (Å²) in [7, 11) is 0. The summed E-state index contributed by atoms with van der Waals surface area (Å²) in [6.07, 6.45) is 4.01. The lowest BCUT2D eigenvalue weighted by Crippen LogP contribution is -2.48. The van der Waals surface area contributed by atoms with E-state index in [1.165, 1.54) is 6.07 Å². The average Bonchev–Trinajstić information content (AvgIpc) is 2.57. The predicted octanol–water partition coefficient (Wildman–Crippen LogP) is 2.86. The number of pyridine rings is 1. The molecule has 1 aromatic carbocycles. The molecule has 1 saturated heterocycles.